The molecule has 0 radical (unpaired) electrons. The molecule has 1 N–H and O–H groups in total. The summed E-state index contributed by atoms with van der Waals surface area (Å²) in [6.45, 7) is 2.98. The summed E-state index contributed by atoms with van der Waals surface area (Å²) in [4.78, 5) is 2.66. The van der Waals surface area contributed by atoms with Gasteiger partial charge in [-0.1, -0.05) is 17.2 Å². The van der Waals surface area contributed by atoms with Crippen LogP contribution < -0.4 is 4.74 Å². The number of nitrogens with zero attached hydrogens (tertiary/aromatic N) is 3. The molecule has 0 aliphatic carbocycles. The van der Waals surface area contributed by atoms with Crippen molar-refractivity contribution in [2.45, 2.75) is 25.9 Å². The summed E-state index contributed by atoms with van der Waals surface area (Å²) in [5, 5.41) is 13.3. The zero-order valence-corrected chi connectivity index (χ0v) is 9.91. The van der Waals surface area contributed by atoms with Gasteiger partial charge in [-0.2, -0.15) is 0 Å². The van der Waals surface area contributed by atoms with Gasteiger partial charge in [0.1, 0.15) is 5.75 Å². The van der Waals surface area contributed by atoms with Crippen molar-refractivity contribution < 1.29 is 9.84 Å². The van der Waals surface area contributed by atoms with Crippen molar-refractivity contribution in [3.05, 3.63) is 40.3 Å². The van der Waals surface area contributed by atoms with Crippen molar-refractivity contribution in [3.8, 4) is 5.75 Å². The number of hydrogen-bond acceptors (Lipinski definition) is 3. The van der Waals surface area contributed by atoms with Crippen LogP contribution in [0, 0.1) is 0 Å². The summed E-state index contributed by atoms with van der Waals surface area (Å²) >= 11 is 0. The van der Waals surface area contributed by atoms with Gasteiger partial charge >= 0.3 is 0 Å². The molecule has 0 aromatic heterocycles. The second-order valence-electron chi connectivity index (χ2n) is 3.61. The third-order valence-electron chi connectivity index (χ3n) is 2.37. The van der Waals surface area contributed by atoms with Crippen LogP contribution in [0.1, 0.15) is 31.4 Å². The van der Waals surface area contributed by atoms with Crippen molar-refractivity contribution in [1.29, 1.82) is 0 Å². The molecule has 0 amide bonds. The Kier molecular flexibility index (Phi) is 5.93. The molecule has 1 atom stereocenters. The Bertz CT molecular complexity index is 372. The normalized spacial score (nSPS) is 11.6. The van der Waals surface area contributed by atoms with Crippen LogP contribution in [0.5, 0.6) is 5.75 Å². The molecule has 0 spiro atoms. The second kappa shape index (κ2) is 7.54. The van der Waals surface area contributed by atoms with Crippen LogP contribution in [0.4, 0.5) is 0 Å². The molecule has 5 nitrogen and oxygen atoms in total. The Morgan fingerprint density at radius 2 is 2.12 bits per heavy atom. The second-order valence-corrected chi connectivity index (χ2v) is 3.61. The van der Waals surface area contributed by atoms with Crippen LogP contribution in [-0.4, -0.2) is 18.3 Å². The fourth-order valence-corrected chi connectivity index (χ4v) is 1.52. The standard InChI is InChI=1S/C12H17N3O2/c1-2-17-11-7-5-10(6-8-11)12(16)4-3-9-14-15-13/h5-8,12,16H,2-4,9H2,1H3. The first-order chi connectivity index (χ1) is 8.27. The summed E-state index contributed by atoms with van der Waals surface area (Å²) in [6.07, 6.45) is 0.755. The Labute approximate surface area is 101 Å². The van der Waals surface area contributed by atoms with Gasteiger partial charge < -0.3 is 9.84 Å². The fraction of sp³-hybridized carbons (Fsp3) is 0.500. The minimum Gasteiger partial charge on any atom is -0.494 e. The molecule has 1 rings (SSSR count). The molecule has 0 saturated heterocycles. The lowest BCUT2D eigenvalue weighted by Crippen LogP contribution is -1.99. The molecule has 0 bridgehead atoms. The third-order valence-corrected chi connectivity index (χ3v) is 2.37. The van der Waals surface area contributed by atoms with Gasteiger partial charge in [0.05, 0.1) is 12.7 Å². The number of rotatable bonds is 7. The van der Waals surface area contributed by atoms with Gasteiger partial charge in [-0.15, -0.1) is 0 Å². The smallest absolute Gasteiger partial charge is 0.119 e. The van der Waals surface area contributed by atoms with E-state index in [4.69, 9.17) is 10.3 Å². The third kappa shape index (κ3) is 4.76. The Hall–Kier alpha value is -1.71. The highest BCUT2D eigenvalue weighted by molar-refractivity contribution is 5.28. The number of hydrogen-bond donors (Lipinski definition) is 1. The lowest BCUT2D eigenvalue weighted by atomic mass is 10.1. The molecule has 0 saturated carbocycles. The van der Waals surface area contributed by atoms with E-state index >= 15 is 0 Å². The number of aliphatic hydroxyl groups excluding tert-OH is 1. The maximum Gasteiger partial charge on any atom is 0.119 e. The predicted octanol–water partition coefficient (Wildman–Crippen LogP) is 3.21. The minimum atomic E-state index is -0.514. The quantitative estimate of drug-likeness (QED) is 0.341. The topological polar surface area (TPSA) is 78.2 Å². The van der Waals surface area contributed by atoms with E-state index in [0.29, 0.717) is 26.0 Å². The van der Waals surface area contributed by atoms with Crippen LogP contribution in [0.15, 0.2) is 29.4 Å². The van der Waals surface area contributed by atoms with Crippen molar-refractivity contribution in [1.82, 2.24) is 0 Å². The van der Waals surface area contributed by atoms with Gasteiger partial charge in [-0.25, -0.2) is 0 Å². The lowest BCUT2D eigenvalue weighted by molar-refractivity contribution is 0.165. The fourth-order valence-electron chi connectivity index (χ4n) is 1.52. The van der Waals surface area contributed by atoms with Crippen LogP contribution >= 0.6 is 0 Å². The van der Waals surface area contributed by atoms with Crippen LogP contribution in [0.2, 0.25) is 0 Å². The van der Waals surface area contributed by atoms with Gasteiger partial charge in [0.25, 0.3) is 0 Å². The Morgan fingerprint density at radius 3 is 2.71 bits per heavy atom. The minimum absolute atomic E-state index is 0.421. The number of benzene rings is 1. The average molecular weight is 235 g/mol. The van der Waals surface area contributed by atoms with E-state index in [1.165, 1.54) is 0 Å². The van der Waals surface area contributed by atoms with E-state index in [1.807, 2.05) is 31.2 Å². The molecular weight excluding hydrogens is 218 g/mol. The van der Waals surface area contributed by atoms with Gasteiger partial charge in [0.15, 0.2) is 0 Å². The van der Waals surface area contributed by atoms with Gasteiger partial charge in [0, 0.05) is 11.5 Å². The summed E-state index contributed by atoms with van der Waals surface area (Å²) in [7, 11) is 0. The largest absolute Gasteiger partial charge is 0.494 e. The lowest BCUT2D eigenvalue weighted by Gasteiger charge is -2.11. The van der Waals surface area contributed by atoms with Crippen LogP contribution in [0.3, 0.4) is 0 Å². The highest BCUT2D eigenvalue weighted by Gasteiger charge is 2.06. The summed E-state index contributed by atoms with van der Waals surface area (Å²) in [5.41, 5.74) is 8.97. The zero-order chi connectivity index (χ0) is 12.5. The Morgan fingerprint density at radius 1 is 1.41 bits per heavy atom. The first-order valence-corrected chi connectivity index (χ1v) is 5.69. The highest BCUT2D eigenvalue weighted by Crippen LogP contribution is 2.21. The summed E-state index contributed by atoms with van der Waals surface area (Å²) < 4.78 is 5.32. The van der Waals surface area contributed by atoms with Crippen molar-refractivity contribution in [3.63, 3.8) is 0 Å². The molecule has 5 heteroatoms. The van der Waals surface area contributed by atoms with E-state index in [0.717, 1.165) is 11.3 Å². The first-order valence-electron chi connectivity index (χ1n) is 5.69. The Balaban J connectivity index is 2.45. The molecule has 1 aromatic carbocycles. The molecule has 0 fully saturated rings. The van der Waals surface area contributed by atoms with E-state index in [9.17, 15) is 5.11 Å². The molecule has 0 heterocycles. The van der Waals surface area contributed by atoms with Crippen LogP contribution in [0.25, 0.3) is 10.4 Å². The average Bonchev–Trinajstić information content (AvgIpc) is 2.36. The number of aliphatic hydroxyl groups is 1. The van der Waals surface area contributed by atoms with E-state index in [-0.39, 0.29) is 0 Å². The molecule has 17 heavy (non-hydrogen) atoms. The maximum atomic E-state index is 9.87. The van der Waals surface area contributed by atoms with E-state index in [2.05, 4.69) is 10.0 Å². The zero-order valence-electron chi connectivity index (χ0n) is 9.91. The first kappa shape index (κ1) is 13.4. The number of ether oxygens (including phenoxy) is 1. The predicted molar refractivity (Wildman–Crippen MR) is 65.8 cm³/mol. The maximum absolute atomic E-state index is 9.87. The molecule has 0 aliphatic rings. The number of azide groups is 1. The molecule has 1 unspecified atom stereocenters. The van der Waals surface area contributed by atoms with Crippen molar-refractivity contribution >= 4 is 0 Å². The van der Waals surface area contributed by atoms with Gasteiger partial charge in [0.2, 0.25) is 0 Å². The highest BCUT2D eigenvalue weighted by atomic mass is 16.5. The van der Waals surface area contributed by atoms with E-state index in [1.54, 1.807) is 0 Å². The molecule has 0 aliphatic heterocycles. The van der Waals surface area contributed by atoms with E-state index < -0.39 is 6.10 Å². The van der Waals surface area contributed by atoms with Gasteiger partial charge in [-0.05, 0) is 43.0 Å². The monoisotopic (exact) mass is 235 g/mol. The molecular formula is C12H17N3O2. The summed E-state index contributed by atoms with van der Waals surface area (Å²) in [5.74, 6) is 0.803. The van der Waals surface area contributed by atoms with Crippen LogP contribution in [-0.2, 0) is 0 Å². The SMILES string of the molecule is CCOc1ccc(C(O)CCCN=[N+]=[N-])cc1. The molecule has 1 aromatic rings. The molecule has 92 valence electrons. The summed E-state index contributed by atoms with van der Waals surface area (Å²) in [6, 6.07) is 7.39. The van der Waals surface area contributed by atoms with Crippen molar-refractivity contribution in [2.24, 2.45) is 5.11 Å². The van der Waals surface area contributed by atoms with Crippen molar-refractivity contribution in [2.75, 3.05) is 13.2 Å². The van der Waals surface area contributed by atoms with Gasteiger partial charge in [-0.3, -0.25) is 0 Å².